The highest BCUT2D eigenvalue weighted by atomic mass is 32.2. The summed E-state index contributed by atoms with van der Waals surface area (Å²) in [5.74, 6) is 1.49. The maximum Gasteiger partial charge on any atom is 0.269 e. The van der Waals surface area contributed by atoms with Crippen LogP contribution in [0.15, 0.2) is 59.8 Å². The molecule has 0 aliphatic heterocycles. The van der Waals surface area contributed by atoms with Gasteiger partial charge in [-0.05, 0) is 43.7 Å². The van der Waals surface area contributed by atoms with E-state index in [4.69, 9.17) is 9.47 Å². The second-order valence-corrected chi connectivity index (χ2v) is 8.60. The number of benzene rings is 2. The minimum atomic E-state index is -3.76. The molecule has 2 aromatic carbocycles. The molecule has 0 atom stereocenters. The zero-order valence-corrected chi connectivity index (χ0v) is 17.8. The highest BCUT2D eigenvalue weighted by Crippen LogP contribution is 2.33. The zero-order chi connectivity index (χ0) is 20.9. The van der Waals surface area contributed by atoms with Crippen molar-refractivity contribution in [3.05, 3.63) is 60.4 Å². The van der Waals surface area contributed by atoms with Crippen molar-refractivity contribution in [1.29, 1.82) is 0 Å². The molecule has 0 saturated heterocycles. The summed E-state index contributed by atoms with van der Waals surface area (Å²) in [6, 6.07) is 12.1. The molecular formula is C22H26N2O4S. The van der Waals surface area contributed by atoms with Crippen LogP contribution in [0.3, 0.4) is 0 Å². The maximum atomic E-state index is 13.1. The Morgan fingerprint density at radius 2 is 1.79 bits per heavy atom. The van der Waals surface area contributed by atoms with Crippen molar-refractivity contribution in [2.45, 2.75) is 38.0 Å². The highest BCUT2D eigenvalue weighted by molar-refractivity contribution is 7.90. The van der Waals surface area contributed by atoms with Gasteiger partial charge in [-0.3, -0.25) is 0 Å². The number of aromatic nitrogens is 2. The van der Waals surface area contributed by atoms with E-state index in [1.54, 1.807) is 49.6 Å². The molecule has 154 valence electrons. The van der Waals surface area contributed by atoms with Gasteiger partial charge in [-0.25, -0.2) is 17.4 Å². The van der Waals surface area contributed by atoms with Crippen LogP contribution in [-0.2, 0) is 10.0 Å². The summed E-state index contributed by atoms with van der Waals surface area (Å²) < 4.78 is 38.6. The van der Waals surface area contributed by atoms with E-state index in [1.807, 2.05) is 6.92 Å². The Morgan fingerprint density at radius 1 is 1.03 bits per heavy atom. The van der Waals surface area contributed by atoms with Gasteiger partial charge in [0.25, 0.3) is 10.0 Å². The Kier molecular flexibility index (Phi) is 6.59. The fourth-order valence-corrected chi connectivity index (χ4v) is 4.27. The summed E-state index contributed by atoms with van der Waals surface area (Å²) in [6.07, 6.45) is 6.13. The fourth-order valence-electron chi connectivity index (χ4n) is 2.97. The molecule has 6 nitrogen and oxygen atoms in total. The first-order chi connectivity index (χ1) is 14.0. The SMILES string of the molecule is CCCCCOc1ccc(-c2nccn2S(=O)(=O)c2ccc(C)cc2)cc1OC. The van der Waals surface area contributed by atoms with Crippen LogP contribution >= 0.6 is 0 Å². The number of imidazole rings is 1. The second kappa shape index (κ2) is 9.13. The van der Waals surface area contributed by atoms with Crippen molar-refractivity contribution >= 4 is 10.0 Å². The molecule has 7 heteroatoms. The van der Waals surface area contributed by atoms with Crippen molar-refractivity contribution in [3.63, 3.8) is 0 Å². The predicted octanol–water partition coefficient (Wildman–Crippen LogP) is 4.67. The van der Waals surface area contributed by atoms with Gasteiger partial charge in [-0.2, -0.15) is 0 Å². The standard InChI is InChI=1S/C22H26N2O4S/c1-4-5-6-15-28-20-12-9-18(16-21(20)27-3)22-23-13-14-24(22)29(25,26)19-10-7-17(2)8-11-19/h7-14,16H,4-6,15H2,1-3H3. The first-order valence-corrected chi connectivity index (χ1v) is 11.1. The molecular weight excluding hydrogens is 388 g/mol. The lowest BCUT2D eigenvalue weighted by Crippen LogP contribution is -2.13. The first-order valence-electron chi connectivity index (χ1n) is 9.64. The number of hydrogen-bond donors (Lipinski definition) is 0. The van der Waals surface area contributed by atoms with E-state index in [0.717, 1.165) is 24.8 Å². The number of methoxy groups -OCH3 is 1. The van der Waals surface area contributed by atoms with E-state index in [9.17, 15) is 8.42 Å². The van der Waals surface area contributed by atoms with Crippen LogP contribution in [0.1, 0.15) is 31.7 Å². The lowest BCUT2D eigenvalue weighted by atomic mass is 10.2. The Hall–Kier alpha value is -2.80. The molecule has 0 unspecified atom stereocenters. The molecule has 0 saturated carbocycles. The molecule has 3 rings (SSSR count). The monoisotopic (exact) mass is 414 g/mol. The first kappa shape index (κ1) is 20.9. The van der Waals surface area contributed by atoms with E-state index in [-0.39, 0.29) is 4.90 Å². The lowest BCUT2D eigenvalue weighted by Gasteiger charge is -2.13. The van der Waals surface area contributed by atoms with Crippen molar-refractivity contribution in [1.82, 2.24) is 8.96 Å². The van der Waals surface area contributed by atoms with E-state index >= 15 is 0 Å². The predicted molar refractivity (Wildman–Crippen MR) is 113 cm³/mol. The smallest absolute Gasteiger partial charge is 0.269 e. The number of nitrogens with zero attached hydrogens (tertiary/aromatic N) is 2. The molecule has 0 amide bonds. The molecule has 0 aliphatic carbocycles. The Labute approximate surface area is 172 Å². The third-order valence-corrected chi connectivity index (χ3v) is 6.29. The molecule has 0 radical (unpaired) electrons. The van der Waals surface area contributed by atoms with Crippen molar-refractivity contribution in [2.24, 2.45) is 0 Å². The molecule has 0 N–H and O–H groups in total. The minimum Gasteiger partial charge on any atom is -0.493 e. The molecule has 1 heterocycles. The van der Waals surface area contributed by atoms with E-state index in [1.165, 1.54) is 16.4 Å². The molecule has 0 aliphatic rings. The van der Waals surface area contributed by atoms with Gasteiger partial charge < -0.3 is 9.47 Å². The van der Waals surface area contributed by atoms with Gasteiger partial charge in [0.05, 0.1) is 18.6 Å². The second-order valence-electron chi connectivity index (χ2n) is 6.79. The Balaban J connectivity index is 1.93. The summed E-state index contributed by atoms with van der Waals surface area (Å²) in [5.41, 5.74) is 1.62. The summed E-state index contributed by atoms with van der Waals surface area (Å²) in [6.45, 7) is 4.67. The van der Waals surface area contributed by atoms with Crippen LogP contribution in [-0.4, -0.2) is 31.1 Å². The maximum absolute atomic E-state index is 13.1. The van der Waals surface area contributed by atoms with Gasteiger partial charge >= 0.3 is 0 Å². The quantitative estimate of drug-likeness (QED) is 0.476. The third kappa shape index (κ3) is 4.62. The molecule has 3 aromatic rings. The van der Waals surface area contributed by atoms with E-state index < -0.39 is 10.0 Å². The van der Waals surface area contributed by atoms with Crippen LogP contribution < -0.4 is 9.47 Å². The number of unbranched alkanes of at least 4 members (excludes halogenated alkanes) is 2. The molecule has 0 bridgehead atoms. The van der Waals surface area contributed by atoms with Gasteiger partial charge in [0, 0.05) is 18.0 Å². The molecule has 29 heavy (non-hydrogen) atoms. The summed E-state index contributed by atoms with van der Waals surface area (Å²) in [4.78, 5) is 4.49. The third-order valence-electron chi connectivity index (χ3n) is 4.61. The number of hydrogen-bond acceptors (Lipinski definition) is 5. The largest absolute Gasteiger partial charge is 0.493 e. The van der Waals surface area contributed by atoms with Crippen molar-refractivity contribution in [3.8, 4) is 22.9 Å². The Morgan fingerprint density at radius 3 is 2.48 bits per heavy atom. The summed E-state index contributed by atoms with van der Waals surface area (Å²) in [5, 5.41) is 0. The lowest BCUT2D eigenvalue weighted by molar-refractivity contribution is 0.286. The average molecular weight is 415 g/mol. The van der Waals surface area contributed by atoms with Gasteiger partial charge in [0.15, 0.2) is 17.3 Å². The number of rotatable bonds is 9. The van der Waals surface area contributed by atoms with Gasteiger partial charge in [0.1, 0.15) is 0 Å². The number of ether oxygens (including phenoxy) is 2. The van der Waals surface area contributed by atoms with Crippen LogP contribution in [0, 0.1) is 6.92 Å². The zero-order valence-electron chi connectivity index (χ0n) is 17.0. The molecule has 0 spiro atoms. The molecule has 1 aromatic heterocycles. The van der Waals surface area contributed by atoms with Gasteiger partial charge in [-0.1, -0.05) is 37.5 Å². The average Bonchev–Trinajstić information content (AvgIpc) is 3.22. The van der Waals surface area contributed by atoms with Crippen molar-refractivity contribution < 1.29 is 17.9 Å². The van der Waals surface area contributed by atoms with Crippen LogP contribution in [0.5, 0.6) is 11.5 Å². The van der Waals surface area contributed by atoms with E-state index in [2.05, 4.69) is 11.9 Å². The van der Waals surface area contributed by atoms with Crippen LogP contribution in [0.4, 0.5) is 0 Å². The molecule has 0 fully saturated rings. The highest BCUT2D eigenvalue weighted by Gasteiger charge is 2.21. The normalized spacial score (nSPS) is 11.4. The topological polar surface area (TPSA) is 70.4 Å². The Bertz CT molecular complexity index is 1060. The van der Waals surface area contributed by atoms with Gasteiger partial charge in [0.2, 0.25) is 0 Å². The number of aryl methyl sites for hydroxylation is 1. The van der Waals surface area contributed by atoms with Crippen LogP contribution in [0.25, 0.3) is 11.4 Å². The minimum absolute atomic E-state index is 0.213. The van der Waals surface area contributed by atoms with Crippen LogP contribution in [0.2, 0.25) is 0 Å². The van der Waals surface area contributed by atoms with E-state index in [0.29, 0.717) is 29.5 Å². The summed E-state index contributed by atoms with van der Waals surface area (Å²) in [7, 11) is -2.20. The van der Waals surface area contributed by atoms with Crippen molar-refractivity contribution in [2.75, 3.05) is 13.7 Å². The fraction of sp³-hybridized carbons (Fsp3) is 0.318. The van der Waals surface area contributed by atoms with Gasteiger partial charge in [-0.15, -0.1) is 0 Å². The summed E-state index contributed by atoms with van der Waals surface area (Å²) >= 11 is 0.